The summed E-state index contributed by atoms with van der Waals surface area (Å²) < 4.78 is 36.1. The molecule has 3 rings (SSSR count). The fourth-order valence-electron chi connectivity index (χ4n) is 3.37. The van der Waals surface area contributed by atoms with Gasteiger partial charge in [0.1, 0.15) is 5.38 Å². The molecule has 36 heavy (non-hydrogen) atoms. The van der Waals surface area contributed by atoms with Crippen LogP contribution in [0, 0.1) is 0 Å². The van der Waals surface area contributed by atoms with Crippen LogP contribution in [0.1, 0.15) is 55.8 Å². The van der Waals surface area contributed by atoms with E-state index < -0.39 is 30.0 Å². The summed E-state index contributed by atoms with van der Waals surface area (Å²) in [4.78, 5) is 0. The molecule has 0 saturated heterocycles. The Hall–Kier alpha value is -2.45. The van der Waals surface area contributed by atoms with Crippen molar-refractivity contribution in [2.24, 2.45) is 0 Å². The maximum Gasteiger partial charge on any atom is 0.369 e. The summed E-state index contributed by atoms with van der Waals surface area (Å²) in [6.07, 6.45) is -0.117. The van der Waals surface area contributed by atoms with E-state index in [2.05, 4.69) is 36.4 Å². The first kappa shape index (κ1) is 28.1. The summed E-state index contributed by atoms with van der Waals surface area (Å²) >= 11 is 0. The van der Waals surface area contributed by atoms with Gasteiger partial charge in [-0.25, -0.2) is 0 Å². The smallest absolute Gasteiger partial charge is 0.369 e. The van der Waals surface area contributed by atoms with Gasteiger partial charge in [0.2, 0.25) is 0 Å². The van der Waals surface area contributed by atoms with Crippen LogP contribution in [0.15, 0.2) is 102 Å². The Morgan fingerprint density at radius 2 is 0.833 bits per heavy atom. The first-order valence-corrected chi connectivity index (χ1v) is 16.6. The van der Waals surface area contributed by atoms with Crippen molar-refractivity contribution in [2.75, 3.05) is 0 Å². The summed E-state index contributed by atoms with van der Waals surface area (Å²) in [7, 11) is -3.34. The second-order valence-electron chi connectivity index (χ2n) is 8.29. The van der Waals surface area contributed by atoms with Crippen molar-refractivity contribution in [1.82, 2.24) is 0 Å². The van der Waals surface area contributed by atoms with Crippen LogP contribution in [0.2, 0.25) is 0 Å². The van der Waals surface area contributed by atoms with Crippen molar-refractivity contribution in [2.45, 2.75) is 39.1 Å². The van der Waals surface area contributed by atoms with Crippen molar-refractivity contribution < 1.29 is 26.6 Å². The minimum absolute atomic E-state index is 0.0218. The third kappa shape index (κ3) is 9.54. The highest BCUT2D eigenvalue weighted by Crippen LogP contribution is 2.19. The molecular formula is C26H36O6Si4. The predicted molar refractivity (Wildman–Crippen MR) is 154 cm³/mol. The molecule has 0 amide bonds. The molecule has 0 aliphatic rings. The highest BCUT2D eigenvalue weighted by molar-refractivity contribution is 6.27. The van der Waals surface area contributed by atoms with E-state index in [1.54, 1.807) is 0 Å². The normalized spacial score (nSPS) is 14.4. The molecule has 192 valence electrons. The van der Waals surface area contributed by atoms with Gasteiger partial charge >= 0.3 is 30.0 Å². The Kier molecular flexibility index (Phi) is 12.2. The Bertz CT molecular complexity index is 987. The van der Waals surface area contributed by atoms with Crippen molar-refractivity contribution in [3.63, 3.8) is 0 Å². The van der Waals surface area contributed by atoms with E-state index in [4.69, 9.17) is 26.6 Å². The molecule has 0 radical (unpaired) electrons. The third-order valence-electron chi connectivity index (χ3n) is 5.70. The lowest BCUT2D eigenvalue weighted by Gasteiger charge is -2.20. The Balaban J connectivity index is 1.54. The summed E-state index contributed by atoms with van der Waals surface area (Å²) in [5.74, 6) is 0.406. The second-order valence-corrected chi connectivity index (χ2v) is 11.8. The van der Waals surface area contributed by atoms with Crippen LogP contribution in [0.5, 0.6) is 0 Å². The number of hydrogen-bond acceptors (Lipinski definition) is 6. The van der Waals surface area contributed by atoms with E-state index in [-0.39, 0.29) is 18.3 Å². The summed E-state index contributed by atoms with van der Waals surface area (Å²) in [5, 5.41) is 0.703. The average Bonchev–Trinajstić information content (AvgIpc) is 2.93. The predicted octanol–water partition coefficient (Wildman–Crippen LogP) is 2.86. The van der Waals surface area contributed by atoms with Crippen LogP contribution in [0.4, 0.5) is 0 Å². The van der Waals surface area contributed by atoms with E-state index in [0.717, 1.165) is 16.7 Å². The van der Waals surface area contributed by atoms with Crippen LogP contribution in [0.25, 0.3) is 0 Å². The lowest BCUT2D eigenvalue weighted by Crippen LogP contribution is -2.17. The number of hydrogen-bond donors (Lipinski definition) is 0. The molecule has 3 unspecified atom stereocenters. The minimum atomic E-state index is -1.35. The zero-order valence-corrected chi connectivity index (χ0v) is 27.7. The molecule has 10 heteroatoms. The van der Waals surface area contributed by atoms with Crippen LogP contribution < -0.4 is 0 Å². The van der Waals surface area contributed by atoms with E-state index in [1.165, 1.54) is 0 Å². The molecule has 0 fully saturated rings. The molecule has 0 N–H and O–H groups in total. The van der Waals surface area contributed by atoms with Crippen LogP contribution in [0.3, 0.4) is 0 Å². The highest BCUT2D eigenvalue weighted by Gasteiger charge is 2.13. The molecule has 3 aromatic rings. The minimum Gasteiger partial charge on any atom is -0.527 e. The van der Waals surface area contributed by atoms with Crippen LogP contribution in [-0.4, -0.2) is 40.3 Å². The quantitative estimate of drug-likeness (QED) is 0.212. The van der Waals surface area contributed by atoms with Gasteiger partial charge in [0.05, 0.1) is 28.6 Å². The Labute approximate surface area is 224 Å². The molecule has 0 aromatic heterocycles. The van der Waals surface area contributed by atoms with Gasteiger partial charge < -0.3 is 26.6 Å². The molecule has 0 spiro atoms. The zero-order chi connectivity index (χ0) is 25.6. The summed E-state index contributed by atoms with van der Waals surface area (Å²) in [6, 6.07) is 30.4. The monoisotopic (exact) mass is 556 g/mol. The van der Waals surface area contributed by atoms with Crippen LogP contribution in [-0.2, 0) is 26.6 Å². The lowest BCUT2D eigenvalue weighted by atomic mass is 10.1. The molecule has 3 aromatic carbocycles. The Morgan fingerprint density at radius 1 is 0.528 bits per heavy atom. The highest BCUT2D eigenvalue weighted by atomic mass is 28.3. The average molecular weight is 557 g/mol. The first-order chi connectivity index (χ1) is 17.5. The molecule has 0 saturated carbocycles. The topological polar surface area (TPSA) is 55.4 Å². The first-order valence-electron chi connectivity index (χ1n) is 12.1. The van der Waals surface area contributed by atoms with Gasteiger partial charge in [0.25, 0.3) is 5.95 Å². The van der Waals surface area contributed by atoms with Crippen LogP contribution >= 0.6 is 0 Å². The summed E-state index contributed by atoms with van der Waals surface area (Å²) in [5.41, 5.74) is 3.37. The van der Waals surface area contributed by atoms with Gasteiger partial charge in [0.15, 0.2) is 0 Å². The van der Waals surface area contributed by atoms with Gasteiger partial charge in [-0.15, -0.1) is 0 Å². The van der Waals surface area contributed by atoms with Gasteiger partial charge in [-0.2, -0.15) is 0 Å². The zero-order valence-electron chi connectivity index (χ0n) is 21.5. The van der Waals surface area contributed by atoms with E-state index in [1.807, 2.05) is 75.4 Å². The lowest BCUT2D eigenvalue weighted by molar-refractivity contribution is 0.114. The molecule has 0 aliphatic carbocycles. The van der Waals surface area contributed by atoms with Gasteiger partial charge in [0, 0.05) is 0 Å². The van der Waals surface area contributed by atoms with E-state index in [0.29, 0.717) is 21.6 Å². The third-order valence-corrected chi connectivity index (χ3v) is 10.2. The fraction of sp³-hybridized carbons (Fsp3) is 0.231. The molecule has 6 nitrogen and oxygen atoms in total. The second kappa shape index (κ2) is 15.6. The fourth-order valence-corrected chi connectivity index (χ4v) is 7.23. The molecule has 0 aliphatic heterocycles. The SMILES string of the molecule is CC(O[SiH2]OC([SiH3])=C(O[SiH2]OC(C)c1ccccc1)O[SiH2]OC(C)c1ccccc1)c1ccccc1. The molecule has 3 atom stereocenters. The number of benzene rings is 3. The van der Waals surface area contributed by atoms with Gasteiger partial charge in [-0.3, -0.25) is 0 Å². The van der Waals surface area contributed by atoms with E-state index in [9.17, 15) is 0 Å². The molecular weight excluding hydrogens is 521 g/mol. The Morgan fingerprint density at radius 3 is 1.17 bits per heavy atom. The maximum absolute atomic E-state index is 6.03. The van der Waals surface area contributed by atoms with E-state index >= 15 is 0 Å². The van der Waals surface area contributed by atoms with Crippen molar-refractivity contribution in [3.05, 3.63) is 119 Å². The van der Waals surface area contributed by atoms with Gasteiger partial charge in [-0.1, -0.05) is 91.0 Å². The van der Waals surface area contributed by atoms with Crippen molar-refractivity contribution >= 4 is 40.3 Å². The standard InChI is InChI=1S/C26H36O6Si4/c1-19(22-13-7-4-8-14-22)27-34-30-25(31-35-28-20(2)23-15-9-5-10-16-23)26(33)32-36-29-21(3)24-17-11-6-12-18-24/h4-21H,34-36H2,1-3,33H3. The van der Waals surface area contributed by atoms with Crippen molar-refractivity contribution in [3.8, 4) is 0 Å². The van der Waals surface area contributed by atoms with Gasteiger partial charge in [-0.05, 0) is 37.5 Å². The summed E-state index contributed by atoms with van der Waals surface area (Å²) in [6.45, 7) is 6.09. The largest absolute Gasteiger partial charge is 0.527 e. The maximum atomic E-state index is 6.03. The number of rotatable bonds is 15. The van der Waals surface area contributed by atoms with Crippen molar-refractivity contribution in [1.29, 1.82) is 0 Å². The molecule has 0 heterocycles. The molecule has 0 bridgehead atoms.